The molecule has 0 amide bonds. The Balaban J connectivity index is 3.10. The Labute approximate surface area is 111 Å². The van der Waals surface area contributed by atoms with Gasteiger partial charge in [-0.15, -0.1) is 0 Å². The maximum Gasteiger partial charge on any atom is 0.295 e. The Morgan fingerprint density at radius 3 is 2.35 bits per heavy atom. The Morgan fingerprint density at radius 1 is 1.12 bits per heavy atom. The molecule has 2 aromatic carbocycles. The van der Waals surface area contributed by atoms with E-state index < -0.39 is 10.1 Å². The predicted molar refractivity (Wildman–Crippen MR) is 72.6 cm³/mol. The summed E-state index contributed by atoms with van der Waals surface area (Å²) in [7, 11) is -4.36. The molecule has 0 unspecified atom stereocenters. The molecule has 0 aliphatic rings. The number of aromatic hydroxyl groups is 1. The normalized spacial score (nSPS) is 11.9. The number of hydrogen-bond donors (Lipinski definition) is 3. The van der Waals surface area contributed by atoms with E-state index in [0.29, 0.717) is 3.57 Å². The molecule has 0 saturated carbocycles. The van der Waals surface area contributed by atoms with Crippen molar-refractivity contribution in [2.45, 2.75) is 4.90 Å². The summed E-state index contributed by atoms with van der Waals surface area (Å²) in [6, 6.07) is 5.52. The van der Waals surface area contributed by atoms with Crippen LogP contribution in [0.25, 0.3) is 10.8 Å². The van der Waals surface area contributed by atoms with Crippen molar-refractivity contribution in [3.05, 3.63) is 27.8 Å². The smallest absolute Gasteiger partial charge is 0.295 e. The van der Waals surface area contributed by atoms with Gasteiger partial charge < -0.3 is 10.8 Å². The van der Waals surface area contributed by atoms with Crippen molar-refractivity contribution in [1.82, 2.24) is 0 Å². The molecule has 7 heteroatoms. The third-order valence-corrected chi connectivity index (χ3v) is 4.15. The minimum Gasteiger partial charge on any atom is -0.507 e. The van der Waals surface area contributed by atoms with Gasteiger partial charge in [-0.3, -0.25) is 4.55 Å². The highest BCUT2D eigenvalue weighted by Gasteiger charge is 2.19. The van der Waals surface area contributed by atoms with Crippen molar-refractivity contribution in [2.24, 2.45) is 0 Å². The van der Waals surface area contributed by atoms with Gasteiger partial charge in [0.05, 0.1) is 0 Å². The minimum absolute atomic E-state index is 0.122. The summed E-state index contributed by atoms with van der Waals surface area (Å²) in [5.41, 5.74) is 5.95. The number of hydrogen-bond acceptors (Lipinski definition) is 4. The summed E-state index contributed by atoms with van der Waals surface area (Å²) in [6.07, 6.45) is 0. The maximum atomic E-state index is 11.3. The van der Waals surface area contributed by atoms with Gasteiger partial charge in [0.25, 0.3) is 10.1 Å². The molecule has 0 aliphatic heterocycles. The Hall–Kier alpha value is -1.06. The number of nitrogen functional groups attached to an aromatic ring is 1. The van der Waals surface area contributed by atoms with Gasteiger partial charge in [0, 0.05) is 20.0 Å². The highest BCUT2D eigenvalue weighted by atomic mass is 127. The fourth-order valence-electron chi connectivity index (χ4n) is 1.65. The fourth-order valence-corrected chi connectivity index (χ4v) is 3.28. The van der Waals surface area contributed by atoms with Crippen LogP contribution in [0.3, 0.4) is 0 Å². The number of phenols is 1. The molecule has 0 heterocycles. The third kappa shape index (κ3) is 2.05. The van der Waals surface area contributed by atoms with E-state index in [-0.39, 0.29) is 27.1 Å². The lowest BCUT2D eigenvalue weighted by Gasteiger charge is -2.10. The molecule has 0 spiro atoms. The van der Waals surface area contributed by atoms with Gasteiger partial charge in [-0.1, -0.05) is 0 Å². The van der Waals surface area contributed by atoms with Crippen molar-refractivity contribution in [1.29, 1.82) is 0 Å². The van der Waals surface area contributed by atoms with Crippen molar-refractivity contribution >= 4 is 49.2 Å². The number of nitrogens with two attached hydrogens (primary N) is 1. The number of halogens is 1. The first-order chi connectivity index (χ1) is 7.82. The van der Waals surface area contributed by atoms with E-state index in [1.54, 1.807) is 6.07 Å². The molecule has 2 rings (SSSR count). The average Bonchev–Trinajstić information content (AvgIpc) is 2.22. The zero-order valence-corrected chi connectivity index (χ0v) is 11.4. The minimum atomic E-state index is -4.36. The van der Waals surface area contributed by atoms with Crippen molar-refractivity contribution in [2.75, 3.05) is 5.73 Å². The summed E-state index contributed by atoms with van der Waals surface area (Å²) in [5.74, 6) is -0.122. The molecule has 4 N–H and O–H groups in total. The SMILES string of the molecule is Nc1ccc(S(=O)(=O)O)c2c(I)ccc(O)c12. The molecule has 0 bridgehead atoms. The molecule has 17 heavy (non-hydrogen) atoms. The lowest BCUT2D eigenvalue weighted by atomic mass is 10.1. The van der Waals surface area contributed by atoms with Gasteiger partial charge in [-0.2, -0.15) is 8.42 Å². The number of phenolic OH excluding ortho intramolecular Hbond substituents is 1. The van der Waals surface area contributed by atoms with E-state index in [0.717, 1.165) is 0 Å². The molecule has 0 radical (unpaired) electrons. The van der Waals surface area contributed by atoms with Gasteiger partial charge in [0.1, 0.15) is 10.6 Å². The van der Waals surface area contributed by atoms with Crippen molar-refractivity contribution in [3.63, 3.8) is 0 Å². The zero-order chi connectivity index (χ0) is 12.8. The lowest BCUT2D eigenvalue weighted by Crippen LogP contribution is -2.01. The molecule has 90 valence electrons. The van der Waals surface area contributed by atoms with Crippen LogP contribution < -0.4 is 5.73 Å². The van der Waals surface area contributed by atoms with E-state index in [4.69, 9.17) is 10.3 Å². The molecular formula is C10H8INO4S. The first kappa shape index (κ1) is 12.4. The molecule has 0 saturated heterocycles. The zero-order valence-electron chi connectivity index (χ0n) is 8.38. The largest absolute Gasteiger partial charge is 0.507 e. The molecule has 0 fully saturated rings. The highest BCUT2D eigenvalue weighted by Crippen LogP contribution is 2.36. The second kappa shape index (κ2) is 4.00. The van der Waals surface area contributed by atoms with E-state index in [9.17, 15) is 13.5 Å². The van der Waals surface area contributed by atoms with Crippen LogP contribution in [0.5, 0.6) is 5.75 Å². The van der Waals surface area contributed by atoms with Crippen LogP contribution in [0.4, 0.5) is 5.69 Å². The van der Waals surface area contributed by atoms with Crippen LogP contribution in [-0.4, -0.2) is 18.1 Å². The standard InChI is InChI=1S/C10H8INO4S/c11-5-1-3-7(13)10-6(12)2-4-8(9(5)10)17(14,15)16/h1-4,13H,12H2,(H,14,15,16). The van der Waals surface area contributed by atoms with Crippen LogP contribution in [0.2, 0.25) is 0 Å². The van der Waals surface area contributed by atoms with E-state index >= 15 is 0 Å². The third-order valence-electron chi connectivity index (χ3n) is 2.36. The fraction of sp³-hybridized carbons (Fsp3) is 0. The van der Waals surface area contributed by atoms with E-state index in [1.807, 2.05) is 22.6 Å². The summed E-state index contributed by atoms with van der Waals surface area (Å²) in [4.78, 5) is -0.262. The molecular weight excluding hydrogens is 357 g/mol. The monoisotopic (exact) mass is 365 g/mol. The van der Waals surface area contributed by atoms with Crippen LogP contribution in [0.1, 0.15) is 0 Å². The maximum absolute atomic E-state index is 11.3. The molecule has 0 atom stereocenters. The first-order valence-corrected chi connectivity index (χ1v) is 7.01. The summed E-state index contributed by atoms with van der Waals surface area (Å²) in [5, 5.41) is 10.2. The highest BCUT2D eigenvalue weighted by molar-refractivity contribution is 14.1. The lowest BCUT2D eigenvalue weighted by molar-refractivity contribution is 0.481. The second-order valence-corrected chi connectivity index (χ2v) is 6.00. The quantitative estimate of drug-likeness (QED) is 0.408. The van der Waals surface area contributed by atoms with Gasteiger partial charge in [-0.25, -0.2) is 0 Å². The summed E-state index contributed by atoms with van der Waals surface area (Å²) in [6.45, 7) is 0. The summed E-state index contributed by atoms with van der Waals surface area (Å²) >= 11 is 1.91. The van der Waals surface area contributed by atoms with Crippen molar-refractivity contribution in [3.8, 4) is 5.75 Å². The van der Waals surface area contributed by atoms with E-state index in [1.165, 1.54) is 18.2 Å². The Bertz CT molecular complexity index is 704. The Morgan fingerprint density at radius 2 is 1.76 bits per heavy atom. The number of rotatable bonds is 1. The van der Waals surface area contributed by atoms with Gasteiger partial charge >= 0.3 is 0 Å². The number of benzene rings is 2. The van der Waals surface area contributed by atoms with E-state index in [2.05, 4.69) is 0 Å². The van der Waals surface area contributed by atoms with Crippen molar-refractivity contribution < 1.29 is 18.1 Å². The molecule has 2 aromatic rings. The molecule has 0 aliphatic carbocycles. The predicted octanol–water partition coefficient (Wildman–Crippen LogP) is 1.98. The van der Waals surface area contributed by atoms with Crippen LogP contribution in [0.15, 0.2) is 29.2 Å². The average molecular weight is 365 g/mol. The molecule has 5 nitrogen and oxygen atoms in total. The van der Waals surface area contributed by atoms with Gasteiger partial charge in [0.2, 0.25) is 0 Å². The van der Waals surface area contributed by atoms with Crippen LogP contribution in [-0.2, 0) is 10.1 Å². The number of fused-ring (bicyclic) bond motifs is 1. The van der Waals surface area contributed by atoms with Gasteiger partial charge in [0.15, 0.2) is 0 Å². The summed E-state index contributed by atoms with van der Waals surface area (Å²) < 4.78 is 32.2. The second-order valence-electron chi connectivity index (χ2n) is 3.44. The van der Waals surface area contributed by atoms with Gasteiger partial charge in [-0.05, 0) is 46.9 Å². The first-order valence-electron chi connectivity index (χ1n) is 4.49. The number of anilines is 1. The molecule has 0 aromatic heterocycles. The van der Waals surface area contributed by atoms with Crippen LogP contribution >= 0.6 is 22.6 Å². The van der Waals surface area contributed by atoms with Crippen LogP contribution in [0, 0.1) is 3.57 Å². The Kier molecular flexibility index (Phi) is 2.92. The topological polar surface area (TPSA) is 101 Å².